The van der Waals surface area contributed by atoms with E-state index in [0.29, 0.717) is 10.7 Å². The number of nitrogens with zero attached hydrogens (tertiary/aromatic N) is 4. The van der Waals surface area contributed by atoms with Gasteiger partial charge in [0.25, 0.3) is 5.91 Å². The van der Waals surface area contributed by atoms with E-state index in [9.17, 15) is 4.79 Å². The lowest BCUT2D eigenvalue weighted by atomic mass is 10.1. The highest BCUT2D eigenvalue weighted by molar-refractivity contribution is 6.30. The summed E-state index contributed by atoms with van der Waals surface area (Å²) in [6.07, 6.45) is 1.69. The third kappa shape index (κ3) is 3.16. The first-order valence-electron chi connectivity index (χ1n) is 7.46. The zero-order chi connectivity index (χ0) is 17.3. The number of hydrogen-bond acceptors (Lipinski definition) is 3. The maximum Gasteiger partial charge on any atom is 0.276 e. The van der Waals surface area contributed by atoms with Crippen molar-refractivity contribution < 1.29 is 4.79 Å². The fourth-order valence-corrected chi connectivity index (χ4v) is 2.58. The Bertz CT molecular complexity index is 886. The number of anilines is 1. The van der Waals surface area contributed by atoms with E-state index in [0.717, 1.165) is 22.6 Å². The standard InChI is InChI=1S/C18H17ClN4O/c1-12-10-15(8-9-20-12)22(2)18(24)17-11-16(21-23(17)3)13-4-6-14(19)7-5-13/h4-11H,1-3H3. The van der Waals surface area contributed by atoms with Crippen molar-refractivity contribution in [3.8, 4) is 11.3 Å². The quantitative estimate of drug-likeness (QED) is 0.730. The molecule has 1 aromatic carbocycles. The Morgan fingerprint density at radius 3 is 2.54 bits per heavy atom. The molecule has 2 heterocycles. The topological polar surface area (TPSA) is 51.0 Å². The average molecular weight is 341 g/mol. The van der Waals surface area contributed by atoms with Crippen LogP contribution < -0.4 is 4.90 Å². The van der Waals surface area contributed by atoms with Gasteiger partial charge in [0.1, 0.15) is 5.69 Å². The van der Waals surface area contributed by atoms with Crippen molar-refractivity contribution in [2.75, 3.05) is 11.9 Å². The van der Waals surface area contributed by atoms with Gasteiger partial charge in [0, 0.05) is 42.3 Å². The molecule has 0 aliphatic heterocycles. The van der Waals surface area contributed by atoms with Crippen LogP contribution in [0.2, 0.25) is 5.02 Å². The first kappa shape index (κ1) is 16.2. The second kappa shape index (κ2) is 6.45. The van der Waals surface area contributed by atoms with E-state index in [4.69, 9.17) is 11.6 Å². The van der Waals surface area contributed by atoms with Crippen molar-refractivity contribution in [2.24, 2.45) is 7.05 Å². The lowest BCUT2D eigenvalue weighted by Gasteiger charge is -2.17. The minimum Gasteiger partial charge on any atom is -0.310 e. The minimum atomic E-state index is -0.129. The summed E-state index contributed by atoms with van der Waals surface area (Å²) in [6.45, 7) is 1.89. The molecular weight excluding hydrogens is 324 g/mol. The summed E-state index contributed by atoms with van der Waals surface area (Å²) in [6, 6.07) is 12.8. The molecule has 3 rings (SSSR count). The van der Waals surface area contributed by atoms with Crippen LogP contribution in [-0.4, -0.2) is 27.7 Å². The normalized spacial score (nSPS) is 10.7. The van der Waals surface area contributed by atoms with Crippen molar-refractivity contribution in [3.05, 3.63) is 65.1 Å². The molecule has 24 heavy (non-hydrogen) atoms. The molecular formula is C18H17ClN4O. The van der Waals surface area contributed by atoms with Gasteiger partial charge in [0.05, 0.1) is 5.69 Å². The lowest BCUT2D eigenvalue weighted by molar-refractivity contribution is 0.0984. The number of halogens is 1. The Labute approximate surface area is 145 Å². The van der Waals surface area contributed by atoms with Gasteiger partial charge in [-0.05, 0) is 37.3 Å². The summed E-state index contributed by atoms with van der Waals surface area (Å²) in [5.74, 6) is -0.129. The Kier molecular flexibility index (Phi) is 4.36. The summed E-state index contributed by atoms with van der Waals surface area (Å²) in [4.78, 5) is 18.6. The van der Waals surface area contributed by atoms with Crippen LogP contribution in [0.15, 0.2) is 48.7 Å². The molecule has 0 unspecified atom stereocenters. The van der Waals surface area contributed by atoms with Gasteiger partial charge in [0.2, 0.25) is 0 Å². The van der Waals surface area contributed by atoms with Crippen LogP contribution >= 0.6 is 11.6 Å². The highest BCUT2D eigenvalue weighted by atomic mass is 35.5. The highest BCUT2D eigenvalue weighted by Gasteiger charge is 2.19. The number of aryl methyl sites for hydroxylation is 2. The Morgan fingerprint density at radius 2 is 1.88 bits per heavy atom. The zero-order valence-corrected chi connectivity index (χ0v) is 14.4. The average Bonchev–Trinajstić information content (AvgIpc) is 2.96. The Balaban J connectivity index is 1.92. The molecule has 0 radical (unpaired) electrons. The Hall–Kier alpha value is -2.66. The largest absolute Gasteiger partial charge is 0.310 e. The predicted molar refractivity (Wildman–Crippen MR) is 95.4 cm³/mol. The molecule has 0 fully saturated rings. The van der Waals surface area contributed by atoms with Crippen LogP contribution in [0.1, 0.15) is 16.2 Å². The molecule has 6 heteroatoms. The molecule has 0 N–H and O–H groups in total. The smallest absolute Gasteiger partial charge is 0.276 e. The number of amides is 1. The van der Waals surface area contributed by atoms with E-state index in [2.05, 4.69) is 10.1 Å². The minimum absolute atomic E-state index is 0.129. The fourth-order valence-electron chi connectivity index (χ4n) is 2.46. The van der Waals surface area contributed by atoms with Gasteiger partial charge in [-0.25, -0.2) is 0 Å². The van der Waals surface area contributed by atoms with Gasteiger partial charge in [-0.2, -0.15) is 5.10 Å². The number of carbonyl (C=O) groups is 1. The van der Waals surface area contributed by atoms with Gasteiger partial charge >= 0.3 is 0 Å². The summed E-state index contributed by atoms with van der Waals surface area (Å²) < 4.78 is 1.59. The van der Waals surface area contributed by atoms with Crippen LogP contribution in [0.3, 0.4) is 0 Å². The molecule has 0 aliphatic carbocycles. The first-order valence-corrected chi connectivity index (χ1v) is 7.84. The molecule has 0 atom stereocenters. The van der Waals surface area contributed by atoms with Gasteiger partial charge in [-0.1, -0.05) is 23.7 Å². The van der Waals surface area contributed by atoms with Gasteiger partial charge in [0.15, 0.2) is 0 Å². The van der Waals surface area contributed by atoms with Crippen molar-refractivity contribution in [1.82, 2.24) is 14.8 Å². The van der Waals surface area contributed by atoms with Crippen molar-refractivity contribution >= 4 is 23.2 Å². The van der Waals surface area contributed by atoms with E-state index in [1.54, 1.807) is 54.1 Å². The van der Waals surface area contributed by atoms with Crippen LogP contribution in [-0.2, 0) is 7.05 Å². The second-order valence-corrected chi connectivity index (χ2v) is 6.00. The number of carbonyl (C=O) groups excluding carboxylic acids is 1. The Morgan fingerprint density at radius 1 is 1.17 bits per heavy atom. The third-order valence-corrected chi connectivity index (χ3v) is 4.06. The SMILES string of the molecule is Cc1cc(N(C)C(=O)c2cc(-c3ccc(Cl)cc3)nn2C)ccn1. The number of pyridine rings is 1. The zero-order valence-electron chi connectivity index (χ0n) is 13.7. The second-order valence-electron chi connectivity index (χ2n) is 5.56. The maximum absolute atomic E-state index is 12.8. The van der Waals surface area contributed by atoms with E-state index in [1.807, 2.05) is 25.1 Å². The molecule has 0 aliphatic rings. The van der Waals surface area contributed by atoms with Gasteiger partial charge < -0.3 is 4.90 Å². The van der Waals surface area contributed by atoms with E-state index in [-0.39, 0.29) is 5.91 Å². The number of aromatic nitrogens is 3. The van der Waals surface area contributed by atoms with E-state index in [1.165, 1.54) is 0 Å². The number of rotatable bonds is 3. The molecule has 122 valence electrons. The highest BCUT2D eigenvalue weighted by Crippen LogP contribution is 2.23. The lowest BCUT2D eigenvalue weighted by Crippen LogP contribution is -2.28. The molecule has 0 bridgehead atoms. The molecule has 3 aromatic rings. The maximum atomic E-state index is 12.8. The van der Waals surface area contributed by atoms with Crippen molar-refractivity contribution in [1.29, 1.82) is 0 Å². The van der Waals surface area contributed by atoms with Crippen molar-refractivity contribution in [2.45, 2.75) is 6.92 Å². The summed E-state index contributed by atoms with van der Waals surface area (Å²) in [7, 11) is 3.50. The third-order valence-electron chi connectivity index (χ3n) is 3.81. The number of hydrogen-bond donors (Lipinski definition) is 0. The van der Waals surface area contributed by atoms with Crippen LogP contribution in [0.25, 0.3) is 11.3 Å². The summed E-state index contributed by atoms with van der Waals surface area (Å²) >= 11 is 5.92. The molecule has 0 saturated carbocycles. The van der Waals surface area contributed by atoms with Gasteiger partial charge in [-0.15, -0.1) is 0 Å². The molecule has 0 spiro atoms. The van der Waals surface area contributed by atoms with Crippen molar-refractivity contribution in [3.63, 3.8) is 0 Å². The first-order chi connectivity index (χ1) is 11.5. The van der Waals surface area contributed by atoms with Crippen LogP contribution in [0.5, 0.6) is 0 Å². The van der Waals surface area contributed by atoms with E-state index < -0.39 is 0 Å². The van der Waals surface area contributed by atoms with Crippen LogP contribution in [0, 0.1) is 6.92 Å². The fraction of sp³-hybridized carbons (Fsp3) is 0.167. The van der Waals surface area contributed by atoms with Gasteiger partial charge in [-0.3, -0.25) is 14.5 Å². The number of benzene rings is 1. The predicted octanol–water partition coefficient (Wildman–Crippen LogP) is 3.72. The molecule has 5 nitrogen and oxygen atoms in total. The van der Waals surface area contributed by atoms with Crippen LogP contribution in [0.4, 0.5) is 5.69 Å². The molecule has 2 aromatic heterocycles. The molecule has 0 saturated heterocycles. The van der Waals surface area contributed by atoms with E-state index >= 15 is 0 Å². The summed E-state index contributed by atoms with van der Waals surface area (Å²) in [5.41, 5.74) is 3.81. The summed E-state index contributed by atoms with van der Waals surface area (Å²) in [5, 5.41) is 5.10. The monoisotopic (exact) mass is 340 g/mol. The molecule has 1 amide bonds.